The van der Waals surface area contributed by atoms with Crippen molar-refractivity contribution in [3.05, 3.63) is 58.3 Å². The van der Waals surface area contributed by atoms with Crippen LogP contribution in [0, 0.1) is 7.14 Å². The van der Waals surface area contributed by atoms with E-state index in [1.54, 1.807) is 24.3 Å². The monoisotopic (exact) mass is 586 g/mol. The average Bonchev–Trinajstić information content (AvgIpc) is 2.95. The number of halogens is 4. The molecule has 0 aliphatic rings. The van der Waals surface area contributed by atoms with Crippen LogP contribution in [0.4, 0.5) is 0 Å². The first-order valence-corrected chi connectivity index (χ1v) is 9.88. The molecule has 1 aromatic heterocycles. The van der Waals surface area contributed by atoms with E-state index in [2.05, 4.69) is 0 Å². The number of carbonyl (C=O) groups is 1. The Bertz CT molecular complexity index is 957. The smallest absolute Gasteiger partial charge is 0.197 e. The highest BCUT2D eigenvalue weighted by Crippen LogP contribution is 2.38. The van der Waals surface area contributed by atoms with E-state index in [0.29, 0.717) is 51.5 Å². The topological polar surface area (TPSA) is 50.4 Å². The number of hydrogen-bond donors (Lipinski definition) is 1. The minimum absolute atomic E-state index is 0.168. The molecular formula is C17H10Cl2I2O3. The van der Waals surface area contributed by atoms with Crippen LogP contribution in [0.5, 0.6) is 5.75 Å². The van der Waals surface area contributed by atoms with Gasteiger partial charge in [-0.15, -0.1) is 0 Å². The van der Waals surface area contributed by atoms with Crippen LogP contribution < -0.4 is 0 Å². The Morgan fingerprint density at radius 3 is 2.33 bits per heavy atom. The lowest BCUT2D eigenvalue weighted by molar-refractivity contribution is 0.103. The van der Waals surface area contributed by atoms with E-state index in [1.807, 2.05) is 52.1 Å². The second-order valence-corrected chi connectivity index (χ2v) is 8.24. The van der Waals surface area contributed by atoms with Gasteiger partial charge in [-0.25, -0.2) is 0 Å². The van der Waals surface area contributed by atoms with Crippen molar-refractivity contribution < 1.29 is 14.3 Å². The second-order valence-electron chi connectivity index (χ2n) is 5.10. The van der Waals surface area contributed by atoms with Gasteiger partial charge in [0.15, 0.2) is 11.4 Å². The summed E-state index contributed by atoms with van der Waals surface area (Å²) in [6, 6.07) is 6.60. The Labute approximate surface area is 175 Å². The molecule has 0 amide bonds. The zero-order chi connectivity index (χ0) is 17.6. The highest BCUT2D eigenvalue weighted by molar-refractivity contribution is 14.1. The molecule has 24 heavy (non-hydrogen) atoms. The van der Waals surface area contributed by atoms with Gasteiger partial charge in [0.1, 0.15) is 11.5 Å². The summed E-state index contributed by atoms with van der Waals surface area (Å²) >= 11 is 16.5. The first-order chi connectivity index (χ1) is 11.3. The van der Waals surface area contributed by atoms with E-state index in [9.17, 15) is 9.90 Å². The molecule has 2 aromatic carbocycles. The van der Waals surface area contributed by atoms with E-state index in [-0.39, 0.29) is 11.5 Å². The predicted octanol–water partition coefficient (Wildman–Crippen LogP) is 6.45. The molecule has 124 valence electrons. The van der Waals surface area contributed by atoms with Crippen LogP contribution >= 0.6 is 68.4 Å². The summed E-state index contributed by atoms with van der Waals surface area (Å²) in [6.45, 7) is 1.90. The molecule has 0 atom stereocenters. The number of fused-ring (bicyclic) bond motifs is 1. The maximum atomic E-state index is 13.1. The quantitative estimate of drug-likeness (QED) is 0.284. The lowest BCUT2D eigenvalue weighted by Gasteiger charge is -2.06. The number of aromatic hydroxyl groups is 1. The Kier molecular flexibility index (Phi) is 5.34. The van der Waals surface area contributed by atoms with Crippen LogP contribution in [0.2, 0.25) is 10.0 Å². The summed E-state index contributed by atoms with van der Waals surface area (Å²) in [6.07, 6.45) is 0.536. The molecule has 1 N–H and O–H groups in total. The van der Waals surface area contributed by atoms with Crippen molar-refractivity contribution in [1.82, 2.24) is 0 Å². The van der Waals surface area contributed by atoms with Crippen molar-refractivity contribution in [2.24, 2.45) is 0 Å². The lowest BCUT2D eigenvalue weighted by atomic mass is 9.99. The number of aryl methyl sites for hydroxylation is 1. The second kappa shape index (κ2) is 7.01. The molecule has 7 heteroatoms. The Balaban J connectivity index is 2.29. The molecule has 0 aliphatic carbocycles. The van der Waals surface area contributed by atoms with Crippen LogP contribution in [-0.4, -0.2) is 10.9 Å². The third-order valence-corrected chi connectivity index (χ3v) is 5.90. The Morgan fingerprint density at radius 1 is 1.17 bits per heavy atom. The standard InChI is InChI=1S/C17H10Cl2I2O3/c1-2-12-14(13-8(18)3-4-9(19)17(13)24-12)15(22)7-5-10(20)16(23)11(21)6-7/h3-6,23H,2H2,1H3. The molecule has 0 saturated heterocycles. The third-order valence-electron chi connectivity index (χ3n) is 3.64. The zero-order valence-electron chi connectivity index (χ0n) is 12.3. The maximum absolute atomic E-state index is 13.1. The number of ketones is 1. The van der Waals surface area contributed by atoms with Gasteiger partial charge in [0.05, 0.1) is 28.1 Å². The molecule has 1 heterocycles. The molecule has 0 spiro atoms. The summed E-state index contributed by atoms with van der Waals surface area (Å²) in [5.74, 6) is 0.510. The third kappa shape index (κ3) is 3.04. The fraction of sp³-hybridized carbons (Fsp3) is 0.118. The van der Waals surface area contributed by atoms with Crippen molar-refractivity contribution in [3.8, 4) is 5.75 Å². The average molecular weight is 587 g/mol. The Morgan fingerprint density at radius 2 is 1.75 bits per heavy atom. The number of furan rings is 1. The van der Waals surface area contributed by atoms with Crippen LogP contribution in [0.3, 0.4) is 0 Å². The SMILES string of the molecule is CCc1oc2c(Cl)ccc(Cl)c2c1C(=O)c1cc(I)c(O)c(I)c1. The fourth-order valence-corrected chi connectivity index (χ4v) is 4.72. The van der Waals surface area contributed by atoms with Gasteiger partial charge < -0.3 is 9.52 Å². The van der Waals surface area contributed by atoms with Gasteiger partial charge in [-0.3, -0.25) is 4.79 Å². The minimum atomic E-state index is -0.203. The number of carbonyl (C=O) groups excluding carboxylic acids is 1. The summed E-state index contributed by atoms with van der Waals surface area (Å²) in [5, 5.41) is 11.3. The molecule has 3 rings (SSSR count). The molecular weight excluding hydrogens is 577 g/mol. The van der Waals surface area contributed by atoms with E-state index in [4.69, 9.17) is 27.6 Å². The molecule has 3 aromatic rings. The number of hydrogen-bond acceptors (Lipinski definition) is 3. The molecule has 3 nitrogen and oxygen atoms in total. The van der Waals surface area contributed by atoms with Gasteiger partial charge in [0, 0.05) is 12.0 Å². The first-order valence-electron chi connectivity index (χ1n) is 6.97. The van der Waals surface area contributed by atoms with E-state index < -0.39 is 0 Å². The van der Waals surface area contributed by atoms with Crippen LogP contribution in [0.25, 0.3) is 11.0 Å². The molecule has 0 aliphatic heterocycles. The molecule has 0 fully saturated rings. The van der Waals surface area contributed by atoms with Crippen LogP contribution in [0.15, 0.2) is 28.7 Å². The fourth-order valence-electron chi connectivity index (χ4n) is 2.51. The highest BCUT2D eigenvalue weighted by atomic mass is 127. The van der Waals surface area contributed by atoms with Crippen molar-refractivity contribution in [2.45, 2.75) is 13.3 Å². The van der Waals surface area contributed by atoms with Gasteiger partial charge >= 0.3 is 0 Å². The van der Waals surface area contributed by atoms with Gasteiger partial charge in [-0.1, -0.05) is 30.1 Å². The van der Waals surface area contributed by atoms with E-state index in [1.165, 1.54) is 0 Å². The number of phenols is 1. The van der Waals surface area contributed by atoms with Gasteiger partial charge in [-0.2, -0.15) is 0 Å². The zero-order valence-corrected chi connectivity index (χ0v) is 18.1. The largest absolute Gasteiger partial charge is 0.506 e. The summed E-state index contributed by atoms with van der Waals surface area (Å²) in [4.78, 5) is 13.1. The number of phenolic OH excluding ortho intramolecular Hbond substituents is 1. The normalized spacial score (nSPS) is 11.2. The van der Waals surface area contributed by atoms with Crippen LogP contribution in [-0.2, 0) is 6.42 Å². The molecule has 0 radical (unpaired) electrons. The summed E-state index contributed by atoms with van der Waals surface area (Å²) < 4.78 is 7.01. The van der Waals surface area contributed by atoms with Crippen LogP contribution in [0.1, 0.15) is 28.6 Å². The first kappa shape index (κ1) is 18.3. The summed E-state index contributed by atoms with van der Waals surface area (Å²) in [7, 11) is 0. The van der Waals surface area contributed by atoms with Crippen molar-refractivity contribution >= 4 is 85.1 Å². The van der Waals surface area contributed by atoms with Crippen molar-refractivity contribution in [3.63, 3.8) is 0 Å². The number of rotatable bonds is 3. The predicted molar refractivity (Wildman–Crippen MR) is 113 cm³/mol. The van der Waals surface area contributed by atoms with Gasteiger partial charge in [-0.05, 0) is 69.4 Å². The molecule has 0 unspecified atom stereocenters. The highest BCUT2D eigenvalue weighted by Gasteiger charge is 2.25. The Hall–Kier alpha value is -0.510. The van der Waals surface area contributed by atoms with Crippen molar-refractivity contribution in [1.29, 1.82) is 0 Å². The lowest BCUT2D eigenvalue weighted by Crippen LogP contribution is -2.05. The van der Waals surface area contributed by atoms with E-state index in [0.717, 1.165) is 0 Å². The minimum Gasteiger partial charge on any atom is -0.506 e. The van der Waals surface area contributed by atoms with Gasteiger partial charge in [0.2, 0.25) is 0 Å². The number of benzene rings is 2. The van der Waals surface area contributed by atoms with E-state index >= 15 is 0 Å². The maximum Gasteiger partial charge on any atom is 0.197 e. The van der Waals surface area contributed by atoms with Gasteiger partial charge in [0.25, 0.3) is 0 Å². The summed E-state index contributed by atoms with van der Waals surface area (Å²) in [5.41, 5.74) is 1.32. The van der Waals surface area contributed by atoms with Crippen molar-refractivity contribution in [2.75, 3.05) is 0 Å². The molecule has 0 bridgehead atoms. The molecule has 0 saturated carbocycles.